The third kappa shape index (κ3) is 3.16. The molecule has 90 valence electrons. The van der Waals surface area contributed by atoms with Crippen molar-refractivity contribution < 1.29 is 9.47 Å². The van der Waals surface area contributed by atoms with Crippen LogP contribution in [0.1, 0.15) is 45.6 Å². The molecule has 0 aromatic heterocycles. The molecule has 0 unspecified atom stereocenters. The van der Waals surface area contributed by atoms with Gasteiger partial charge in [0.05, 0.1) is 13.2 Å². The summed E-state index contributed by atoms with van der Waals surface area (Å²) in [5.74, 6) is 2.17. The lowest BCUT2D eigenvalue weighted by Crippen LogP contribution is -2.10. The van der Waals surface area contributed by atoms with Crippen molar-refractivity contribution in [1.29, 1.82) is 0 Å². The van der Waals surface area contributed by atoms with Gasteiger partial charge in [0.25, 0.3) is 0 Å². The van der Waals surface area contributed by atoms with E-state index in [1.54, 1.807) is 7.11 Å². The average Bonchev–Trinajstić information content (AvgIpc) is 2.29. The minimum Gasteiger partial charge on any atom is -0.493 e. The summed E-state index contributed by atoms with van der Waals surface area (Å²) < 4.78 is 11.2. The predicted octanol–water partition coefficient (Wildman–Crippen LogP) is 4.00. The maximum atomic E-state index is 5.80. The maximum absolute atomic E-state index is 5.80. The van der Waals surface area contributed by atoms with Gasteiger partial charge in [-0.05, 0) is 37.0 Å². The molecule has 0 aliphatic heterocycles. The lowest BCUT2D eigenvalue weighted by Gasteiger charge is -2.17. The second-order valence-electron chi connectivity index (χ2n) is 4.40. The van der Waals surface area contributed by atoms with Crippen LogP contribution in [0.15, 0.2) is 18.2 Å². The molecule has 1 aromatic rings. The summed E-state index contributed by atoms with van der Waals surface area (Å²) in [7, 11) is 1.68. The van der Waals surface area contributed by atoms with Crippen molar-refractivity contribution >= 4 is 0 Å². The number of rotatable bonds is 5. The van der Waals surface area contributed by atoms with Crippen LogP contribution < -0.4 is 9.47 Å². The Hall–Kier alpha value is -1.18. The van der Waals surface area contributed by atoms with Crippen LogP contribution in [0.4, 0.5) is 0 Å². The van der Waals surface area contributed by atoms with Crippen molar-refractivity contribution in [3.63, 3.8) is 0 Å². The van der Waals surface area contributed by atoms with Crippen LogP contribution in [0.25, 0.3) is 0 Å². The second kappa shape index (κ2) is 5.78. The fourth-order valence-electron chi connectivity index (χ4n) is 1.44. The topological polar surface area (TPSA) is 18.5 Å². The summed E-state index contributed by atoms with van der Waals surface area (Å²) in [5.41, 5.74) is 1.27. The standard InChI is InChI=1S/C14H22O2/c1-6-11(4)16-13-8-7-12(10(2)3)9-14(13)15-5/h7-11H,6H2,1-5H3/t11-/m1/s1. The molecular weight excluding hydrogens is 200 g/mol. The van der Waals surface area contributed by atoms with Crippen LogP contribution in [0.3, 0.4) is 0 Å². The van der Waals surface area contributed by atoms with Crippen molar-refractivity contribution in [2.75, 3.05) is 7.11 Å². The Labute approximate surface area is 98.6 Å². The Kier molecular flexibility index (Phi) is 4.66. The van der Waals surface area contributed by atoms with Crippen molar-refractivity contribution in [3.8, 4) is 11.5 Å². The molecule has 1 atom stereocenters. The zero-order valence-electron chi connectivity index (χ0n) is 10.9. The molecule has 0 radical (unpaired) electrons. The predicted molar refractivity (Wildman–Crippen MR) is 67.5 cm³/mol. The van der Waals surface area contributed by atoms with Crippen molar-refractivity contribution in [1.82, 2.24) is 0 Å². The molecule has 0 aliphatic rings. The molecule has 2 nitrogen and oxygen atoms in total. The van der Waals surface area contributed by atoms with Crippen molar-refractivity contribution in [2.24, 2.45) is 0 Å². The van der Waals surface area contributed by atoms with Crippen LogP contribution in [-0.4, -0.2) is 13.2 Å². The van der Waals surface area contributed by atoms with Gasteiger partial charge in [-0.15, -0.1) is 0 Å². The van der Waals surface area contributed by atoms with E-state index in [2.05, 4.69) is 39.8 Å². The van der Waals surface area contributed by atoms with Gasteiger partial charge in [-0.25, -0.2) is 0 Å². The summed E-state index contributed by atoms with van der Waals surface area (Å²) >= 11 is 0. The van der Waals surface area contributed by atoms with Crippen molar-refractivity contribution in [2.45, 2.75) is 46.1 Å². The Balaban J connectivity index is 2.93. The summed E-state index contributed by atoms with van der Waals surface area (Å²) in [4.78, 5) is 0. The smallest absolute Gasteiger partial charge is 0.161 e. The highest BCUT2D eigenvalue weighted by molar-refractivity contribution is 5.43. The molecule has 0 aliphatic carbocycles. The van der Waals surface area contributed by atoms with E-state index in [1.165, 1.54) is 5.56 Å². The molecular formula is C14H22O2. The van der Waals surface area contributed by atoms with Gasteiger partial charge in [-0.3, -0.25) is 0 Å². The SMILES string of the molecule is CC[C@@H](C)Oc1ccc(C(C)C)cc1OC. The number of methoxy groups -OCH3 is 1. The molecule has 0 N–H and O–H groups in total. The molecule has 0 bridgehead atoms. The van der Waals surface area contributed by atoms with Gasteiger partial charge in [0.2, 0.25) is 0 Å². The lowest BCUT2D eigenvalue weighted by atomic mass is 10.0. The third-order valence-corrected chi connectivity index (χ3v) is 2.76. The quantitative estimate of drug-likeness (QED) is 0.749. The van der Waals surface area contributed by atoms with E-state index in [1.807, 2.05) is 6.07 Å². The van der Waals surface area contributed by atoms with Crippen molar-refractivity contribution in [3.05, 3.63) is 23.8 Å². The van der Waals surface area contributed by atoms with Gasteiger partial charge in [-0.1, -0.05) is 26.8 Å². The van der Waals surface area contributed by atoms with Gasteiger partial charge < -0.3 is 9.47 Å². The van der Waals surface area contributed by atoms with Crippen LogP contribution in [0.2, 0.25) is 0 Å². The molecule has 0 fully saturated rings. The van der Waals surface area contributed by atoms with E-state index >= 15 is 0 Å². The fourth-order valence-corrected chi connectivity index (χ4v) is 1.44. The first-order valence-corrected chi connectivity index (χ1v) is 5.93. The van der Waals surface area contributed by atoms with Crippen LogP contribution in [0, 0.1) is 0 Å². The number of benzene rings is 1. The molecule has 0 saturated carbocycles. The van der Waals surface area contributed by atoms with E-state index < -0.39 is 0 Å². The van der Waals surface area contributed by atoms with Gasteiger partial charge in [-0.2, -0.15) is 0 Å². The Morgan fingerprint density at radius 2 is 1.81 bits per heavy atom. The third-order valence-electron chi connectivity index (χ3n) is 2.76. The Bertz CT molecular complexity index is 332. The molecule has 1 rings (SSSR count). The summed E-state index contributed by atoms with van der Waals surface area (Å²) in [6.45, 7) is 8.52. The molecule has 2 heteroatoms. The lowest BCUT2D eigenvalue weighted by molar-refractivity contribution is 0.207. The highest BCUT2D eigenvalue weighted by Gasteiger charge is 2.10. The fraction of sp³-hybridized carbons (Fsp3) is 0.571. The van der Waals surface area contributed by atoms with Gasteiger partial charge in [0, 0.05) is 0 Å². The summed E-state index contributed by atoms with van der Waals surface area (Å²) in [5, 5.41) is 0. The Morgan fingerprint density at radius 1 is 1.12 bits per heavy atom. The molecule has 16 heavy (non-hydrogen) atoms. The van der Waals surface area contributed by atoms with Gasteiger partial charge in [0.1, 0.15) is 0 Å². The number of hydrogen-bond acceptors (Lipinski definition) is 2. The largest absolute Gasteiger partial charge is 0.493 e. The zero-order chi connectivity index (χ0) is 12.1. The normalized spacial score (nSPS) is 12.6. The van der Waals surface area contributed by atoms with Crippen LogP contribution >= 0.6 is 0 Å². The van der Waals surface area contributed by atoms with E-state index in [9.17, 15) is 0 Å². The minimum absolute atomic E-state index is 0.221. The molecule has 1 aromatic carbocycles. The van der Waals surface area contributed by atoms with Gasteiger partial charge in [0.15, 0.2) is 11.5 Å². The second-order valence-corrected chi connectivity index (χ2v) is 4.40. The summed E-state index contributed by atoms with van der Waals surface area (Å²) in [6, 6.07) is 6.16. The number of ether oxygens (including phenoxy) is 2. The summed E-state index contributed by atoms with van der Waals surface area (Å²) in [6.07, 6.45) is 1.22. The minimum atomic E-state index is 0.221. The van der Waals surface area contributed by atoms with Crippen LogP contribution in [0.5, 0.6) is 11.5 Å². The van der Waals surface area contributed by atoms with Gasteiger partial charge >= 0.3 is 0 Å². The highest BCUT2D eigenvalue weighted by Crippen LogP contribution is 2.31. The van der Waals surface area contributed by atoms with E-state index in [4.69, 9.17) is 9.47 Å². The molecule has 0 amide bonds. The monoisotopic (exact) mass is 222 g/mol. The first-order chi connectivity index (χ1) is 7.58. The Morgan fingerprint density at radius 3 is 2.31 bits per heavy atom. The zero-order valence-corrected chi connectivity index (χ0v) is 10.9. The molecule has 0 spiro atoms. The van der Waals surface area contributed by atoms with E-state index in [-0.39, 0.29) is 6.10 Å². The number of hydrogen-bond donors (Lipinski definition) is 0. The average molecular weight is 222 g/mol. The van der Waals surface area contributed by atoms with E-state index in [0.717, 1.165) is 17.9 Å². The molecule has 0 saturated heterocycles. The highest BCUT2D eigenvalue weighted by atomic mass is 16.5. The van der Waals surface area contributed by atoms with E-state index in [0.29, 0.717) is 5.92 Å². The van der Waals surface area contributed by atoms with Crippen LogP contribution in [-0.2, 0) is 0 Å². The molecule has 0 heterocycles. The first-order valence-electron chi connectivity index (χ1n) is 5.93. The first kappa shape index (κ1) is 12.9. The maximum Gasteiger partial charge on any atom is 0.161 e.